The molecule has 0 bridgehead atoms. The predicted octanol–water partition coefficient (Wildman–Crippen LogP) is 2.59. The molecule has 1 aliphatic carbocycles. The lowest BCUT2D eigenvalue weighted by molar-refractivity contribution is -0.123. The van der Waals surface area contributed by atoms with Crippen LogP contribution in [0.15, 0.2) is 5.38 Å². The second-order valence-electron chi connectivity index (χ2n) is 6.19. The van der Waals surface area contributed by atoms with Gasteiger partial charge in [-0.3, -0.25) is 9.69 Å². The van der Waals surface area contributed by atoms with Crippen molar-refractivity contribution in [2.75, 3.05) is 18.0 Å². The van der Waals surface area contributed by atoms with Gasteiger partial charge in [-0.1, -0.05) is 13.8 Å². The third kappa shape index (κ3) is 2.61. The van der Waals surface area contributed by atoms with Crippen LogP contribution in [0, 0.1) is 5.41 Å². The highest BCUT2D eigenvalue weighted by Crippen LogP contribution is 2.48. The average Bonchev–Trinajstić information content (AvgIpc) is 3.06. The van der Waals surface area contributed by atoms with Crippen molar-refractivity contribution >= 4 is 22.4 Å². The maximum Gasteiger partial charge on any atom is 0.234 e. The average molecular weight is 293 g/mol. The molecule has 1 saturated carbocycles. The number of amides is 1. The number of hydrogen-bond acceptors (Lipinski definition) is 4. The summed E-state index contributed by atoms with van der Waals surface area (Å²) >= 11 is 1.62. The lowest BCUT2D eigenvalue weighted by Gasteiger charge is -2.34. The number of nitrogens with one attached hydrogen (secondary N) is 1. The number of piperidine rings is 1. The minimum absolute atomic E-state index is 0.122. The summed E-state index contributed by atoms with van der Waals surface area (Å²) in [6.07, 6.45) is 5.05. The van der Waals surface area contributed by atoms with E-state index in [1.807, 2.05) is 4.90 Å². The van der Waals surface area contributed by atoms with Crippen LogP contribution >= 0.6 is 11.3 Å². The van der Waals surface area contributed by atoms with Gasteiger partial charge in [0.2, 0.25) is 5.91 Å². The van der Waals surface area contributed by atoms with E-state index in [0.29, 0.717) is 11.9 Å². The fourth-order valence-corrected chi connectivity index (χ4v) is 3.71. The van der Waals surface area contributed by atoms with Gasteiger partial charge in [-0.05, 0) is 45.2 Å². The van der Waals surface area contributed by atoms with Crippen molar-refractivity contribution in [3.63, 3.8) is 0 Å². The van der Waals surface area contributed by atoms with Gasteiger partial charge in [0.15, 0.2) is 5.13 Å². The number of aromatic nitrogens is 1. The Morgan fingerprint density at radius 2 is 2.20 bits per heavy atom. The molecule has 0 spiro atoms. The number of thiazole rings is 1. The molecule has 0 unspecified atom stereocenters. The van der Waals surface area contributed by atoms with E-state index in [1.165, 1.54) is 0 Å². The first kappa shape index (κ1) is 14.0. The number of aryl methyl sites for hydroxylation is 1. The summed E-state index contributed by atoms with van der Waals surface area (Å²) in [5.74, 6) is 0.293. The fourth-order valence-electron chi connectivity index (χ4n) is 2.74. The number of rotatable bonds is 4. The molecule has 2 fully saturated rings. The zero-order valence-electron chi connectivity index (χ0n) is 12.3. The van der Waals surface area contributed by atoms with Gasteiger partial charge in [-0.25, -0.2) is 4.98 Å². The molecule has 3 rings (SSSR count). The summed E-state index contributed by atoms with van der Waals surface area (Å²) in [5, 5.41) is 6.37. The Balaban J connectivity index is 1.87. The highest BCUT2D eigenvalue weighted by atomic mass is 32.1. The maximum atomic E-state index is 12.9. The van der Waals surface area contributed by atoms with Crippen molar-refractivity contribution in [1.82, 2.24) is 10.3 Å². The van der Waals surface area contributed by atoms with E-state index in [0.717, 1.165) is 56.0 Å². The Labute approximate surface area is 124 Å². The van der Waals surface area contributed by atoms with Crippen molar-refractivity contribution in [2.24, 2.45) is 5.41 Å². The van der Waals surface area contributed by atoms with E-state index in [2.05, 4.69) is 29.5 Å². The summed E-state index contributed by atoms with van der Waals surface area (Å²) in [6, 6.07) is 0.317. The van der Waals surface area contributed by atoms with Crippen LogP contribution < -0.4 is 10.2 Å². The van der Waals surface area contributed by atoms with Gasteiger partial charge in [0.25, 0.3) is 0 Å². The van der Waals surface area contributed by atoms with Crippen molar-refractivity contribution in [2.45, 2.75) is 52.0 Å². The quantitative estimate of drug-likeness (QED) is 0.928. The van der Waals surface area contributed by atoms with E-state index in [4.69, 9.17) is 0 Å². The second kappa shape index (κ2) is 5.45. The zero-order chi connectivity index (χ0) is 14.2. The van der Waals surface area contributed by atoms with Crippen LogP contribution in [0.5, 0.6) is 0 Å². The summed E-state index contributed by atoms with van der Waals surface area (Å²) in [4.78, 5) is 19.6. The number of nitrogens with zero attached hydrogens (tertiary/aromatic N) is 2. The molecule has 2 aliphatic rings. The van der Waals surface area contributed by atoms with E-state index >= 15 is 0 Å². The van der Waals surface area contributed by atoms with Crippen LogP contribution in [-0.2, 0) is 11.2 Å². The summed E-state index contributed by atoms with van der Waals surface area (Å²) in [6.45, 7) is 6.20. The largest absolute Gasteiger partial charge is 0.317 e. The Kier molecular flexibility index (Phi) is 3.82. The molecule has 1 saturated heterocycles. The predicted molar refractivity (Wildman–Crippen MR) is 82.2 cm³/mol. The molecule has 1 aromatic heterocycles. The van der Waals surface area contributed by atoms with Crippen LogP contribution in [0.25, 0.3) is 0 Å². The molecule has 1 aliphatic heterocycles. The molecule has 0 radical (unpaired) electrons. The van der Waals surface area contributed by atoms with Crippen LogP contribution in [0.4, 0.5) is 5.13 Å². The maximum absolute atomic E-state index is 12.9. The molecule has 4 nitrogen and oxygen atoms in total. The van der Waals surface area contributed by atoms with Gasteiger partial charge >= 0.3 is 0 Å². The highest BCUT2D eigenvalue weighted by Gasteiger charge is 2.49. The van der Waals surface area contributed by atoms with E-state index < -0.39 is 0 Å². The van der Waals surface area contributed by atoms with Crippen LogP contribution in [0.2, 0.25) is 0 Å². The van der Waals surface area contributed by atoms with Crippen LogP contribution in [0.3, 0.4) is 0 Å². The molecule has 0 aromatic carbocycles. The van der Waals surface area contributed by atoms with Crippen LogP contribution in [0.1, 0.15) is 45.2 Å². The Bertz CT molecular complexity index is 489. The molecule has 2 heterocycles. The summed E-state index contributed by atoms with van der Waals surface area (Å²) < 4.78 is 0. The van der Waals surface area contributed by atoms with Gasteiger partial charge in [-0.15, -0.1) is 11.3 Å². The van der Waals surface area contributed by atoms with Crippen molar-refractivity contribution < 1.29 is 4.79 Å². The Morgan fingerprint density at radius 1 is 1.50 bits per heavy atom. The standard InChI is InChI=1S/C15H23N3OS/c1-3-11-10-20-14(17-11)18(12-4-8-16-9-5-12)13(19)15(2)6-7-15/h10,12,16H,3-9H2,1-2H3. The lowest BCUT2D eigenvalue weighted by Crippen LogP contribution is -2.48. The topological polar surface area (TPSA) is 45.2 Å². The number of carbonyl (C=O) groups is 1. The number of carbonyl (C=O) groups excluding carboxylic acids is 1. The molecule has 1 aromatic rings. The Hall–Kier alpha value is -0.940. The highest BCUT2D eigenvalue weighted by molar-refractivity contribution is 7.14. The molecular formula is C15H23N3OS. The third-order valence-electron chi connectivity index (χ3n) is 4.52. The smallest absolute Gasteiger partial charge is 0.234 e. The van der Waals surface area contributed by atoms with E-state index in [-0.39, 0.29) is 5.41 Å². The minimum atomic E-state index is -0.122. The molecular weight excluding hydrogens is 270 g/mol. The zero-order valence-corrected chi connectivity index (χ0v) is 13.1. The minimum Gasteiger partial charge on any atom is -0.317 e. The molecule has 5 heteroatoms. The first-order valence-corrected chi connectivity index (χ1v) is 8.51. The van der Waals surface area contributed by atoms with Crippen molar-refractivity contribution in [1.29, 1.82) is 0 Å². The van der Waals surface area contributed by atoms with Gasteiger partial charge < -0.3 is 5.32 Å². The van der Waals surface area contributed by atoms with E-state index in [1.54, 1.807) is 11.3 Å². The monoisotopic (exact) mass is 293 g/mol. The molecule has 1 N–H and O–H groups in total. The summed E-state index contributed by atoms with van der Waals surface area (Å²) in [7, 11) is 0. The van der Waals surface area contributed by atoms with Gasteiger partial charge in [0, 0.05) is 16.8 Å². The SMILES string of the molecule is CCc1csc(N(C(=O)C2(C)CC2)C2CCNCC2)n1. The van der Waals surface area contributed by atoms with Gasteiger partial charge in [-0.2, -0.15) is 0 Å². The van der Waals surface area contributed by atoms with E-state index in [9.17, 15) is 4.79 Å². The number of anilines is 1. The normalized spacial score (nSPS) is 21.7. The number of hydrogen-bond donors (Lipinski definition) is 1. The molecule has 20 heavy (non-hydrogen) atoms. The van der Waals surface area contributed by atoms with Gasteiger partial charge in [0.1, 0.15) is 0 Å². The second-order valence-corrected chi connectivity index (χ2v) is 7.03. The summed E-state index contributed by atoms with van der Waals surface area (Å²) in [5.41, 5.74) is 0.973. The first-order chi connectivity index (χ1) is 9.64. The first-order valence-electron chi connectivity index (χ1n) is 7.63. The van der Waals surface area contributed by atoms with Crippen LogP contribution in [-0.4, -0.2) is 30.0 Å². The molecule has 0 atom stereocenters. The van der Waals surface area contributed by atoms with Crippen molar-refractivity contribution in [3.05, 3.63) is 11.1 Å². The van der Waals surface area contributed by atoms with Crippen molar-refractivity contribution in [3.8, 4) is 0 Å². The van der Waals surface area contributed by atoms with Gasteiger partial charge in [0.05, 0.1) is 5.69 Å². The molecule has 1 amide bonds. The lowest BCUT2D eigenvalue weighted by atomic mass is 10.0. The Morgan fingerprint density at radius 3 is 2.75 bits per heavy atom. The third-order valence-corrected chi connectivity index (χ3v) is 5.41. The molecule has 110 valence electrons. The fraction of sp³-hybridized carbons (Fsp3) is 0.733.